The second kappa shape index (κ2) is 31.7. The van der Waals surface area contributed by atoms with Crippen LogP contribution in [0.2, 0.25) is 0 Å². The van der Waals surface area contributed by atoms with E-state index in [1.165, 1.54) is 11.1 Å². The molecule has 432 valence electrons. The maximum atomic E-state index is 6.07. The van der Waals surface area contributed by atoms with E-state index in [-0.39, 0.29) is 56.9 Å². The molecule has 2 N–H and O–H groups in total. The fourth-order valence-electron chi connectivity index (χ4n) is 3.54. The van der Waals surface area contributed by atoms with Crippen LogP contribution in [0.25, 0.3) is 0 Å². The quantitative estimate of drug-likeness (QED) is 0.0487. The topological polar surface area (TPSA) is 31.5 Å². The fourth-order valence-corrected chi connectivity index (χ4v) is 441. The van der Waals surface area contributed by atoms with Crippen molar-refractivity contribution in [3.8, 4) is 0 Å². The Morgan fingerprint density at radius 3 is 0.622 bits per heavy atom. The van der Waals surface area contributed by atoms with Crippen molar-refractivity contribution in [2.75, 3.05) is 0 Å². The summed E-state index contributed by atoms with van der Waals surface area (Å²) >= 11 is 232. The van der Waals surface area contributed by atoms with Gasteiger partial charge < -0.3 is 17.1 Å². The summed E-state index contributed by atoms with van der Waals surface area (Å²) in [4.78, 5) is 0. The van der Waals surface area contributed by atoms with Gasteiger partial charge in [-0.15, -0.1) is 0 Å². The monoisotopic (exact) mass is 2230 g/mol. The molecule has 1 aromatic carbocycles. The average Bonchev–Trinajstić information content (AvgIpc) is 3.19. The first-order valence-electron chi connectivity index (χ1n) is 14.3. The van der Waals surface area contributed by atoms with Crippen LogP contribution in [-0.4, -0.2) is 5.48 Å². The van der Waals surface area contributed by atoms with Crippen LogP contribution >= 0.6 is 31.0 Å². The number of halogens is 1. The van der Waals surface area contributed by atoms with Gasteiger partial charge in [0.1, 0.15) is 0 Å². The minimum Gasteiger partial charge on any atom is -0.706 e. The van der Waals surface area contributed by atoms with Gasteiger partial charge in [-0.05, 0) is 463 Å². The summed E-state index contributed by atoms with van der Waals surface area (Å²) in [7, 11) is 0.643. The Bertz CT molecular complexity index is 4860. The molecule has 1 aliphatic rings. The molecule has 0 saturated heterocycles. The molecule has 0 radical (unpaired) electrons. The molecular weight excluding hydrogens is 2220 g/mol. The summed E-state index contributed by atoms with van der Waals surface area (Å²) in [6.07, 6.45) is 2.31. The van der Waals surface area contributed by atoms with Crippen LogP contribution in [0, 0.1) is 0 Å². The van der Waals surface area contributed by atoms with Crippen molar-refractivity contribution < 1.29 is 56.9 Å². The van der Waals surface area contributed by atoms with Crippen LogP contribution in [0.5, 0.6) is 0 Å². The van der Waals surface area contributed by atoms with Gasteiger partial charge in [0.2, 0.25) is 0 Å². The van der Waals surface area contributed by atoms with Crippen molar-refractivity contribution in [3.63, 3.8) is 0 Å². The first-order valence-corrected chi connectivity index (χ1v) is 94.6. The molecule has 0 heterocycles. The van der Waals surface area contributed by atoms with E-state index in [1.54, 1.807) is 32.4 Å². The smallest absolute Gasteiger partial charge is 0.706 e. The molecule has 0 spiro atoms. The summed E-state index contributed by atoms with van der Waals surface area (Å²) in [6.45, 7) is 4.48. The second-order valence-electron chi connectivity index (χ2n) is 11.5. The van der Waals surface area contributed by atoms with E-state index in [0.717, 1.165) is 12.8 Å². The number of allylic oxidation sites excluding steroid dienone is 2. The molecule has 0 saturated carbocycles. The van der Waals surface area contributed by atoms with Gasteiger partial charge in [-0.3, -0.25) is 0 Å². The Kier molecular flexibility index (Phi) is 39.8. The Morgan fingerprint density at radius 1 is 0.324 bits per heavy atom. The normalized spacial score (nSPS) is 16.2. The minimum absolute atomic E-state index is 0. The van der Waals surface area contributed by atoms with E-state index in [2.05, 4.69) is 38.1 Å². The Balaban J connectivity index is 0. The standard InChI is InChI=1S/C12H14.HIS59.K.H2O/c1-9-7-11-5-3-4-6-12(11)8-10(9)2;1-42(3,4)44(7,8)46(11,12)48(15,16)50(19,20)52(23,24)54(27,28)56(31,32)58(35,36)60(39,40)59(37,38)57(33,34)55(29,30)53(25,26)51(21,22)49(17,18)47(13,14)45(9,10)43(5,6)41-2;;/h3-6H,7-8H2,1-2H3;2H;;1H2/q;;+1;/p-1. The minimum atomic E-state index is -3.88. The van der Waals surface area contributed by atoms with E-state index >= 15 is 0 Å². The van der Waals surface area contributed by atoms with E-state index in [9.17, 15) is 0 Å². The van der Waals surface area contributed by atoms with Crippen molar-refractivity contribution in [1.29, 1.82) is 0 Å². The molecule has 0 aliphatic heterocycles. The molecule has 0 unspecified atom stereocenters. The molecule has 62 heteroatoms. The van der Waals surface area contributed by atoms with Gasteiger partial charge in [-0.1, -0.05) is 35.4 Å². The fraction of sp³-hybridized carbons (Fsp3) is 0.333. The number of rotatable bonds is 19. The zero-order valence-electron chi connectivity index (χ0n) is 33.7. The van der Waals surface area contributed by atoms with Crippen LogP contribution < -0.4 is 51.4 Å². The number of benzene rings is 1. The summed E-state index contributed by atoms with van der Waals surface area (Å²) in [5.74, 6) is 0. The zero-order valence-corrected chi connectivity index (χ0v) is 87.1. The molecule has 1 nitrogen and oxygen atoms in total. The Morgan fingerprint density at radius 2 is 0.473 bits per heavy atom. The van der Waals surface area contributed by atoms with Crippen LogP contribution in [-0.2, 0) is 547 Å². The molecule has 0 fully saturated rings. The van der Waals surface area contributed by atoms with Gasteiger partial charge in [0.05, 0.1) is 0 Å². The van der Waals surface area contributed by atoms with Crippen LogP contribution in [0.4, 0.5) is 0 Å². The molecule has 0 aromatic heterocycles. The third kappa shape index (κ3) is 16.4. The van der Waals surface area contributed by atoms with Gasteiger partial charge in [0.15, 0.2) is 0 Å². The zero-order chi connectivity index (χ0) is 58.8. The first kappa shape index (κ1) is 93.1. The molecule has 0 amide bonds. The van der Waals surface area contributed by atoms with Crippen molar-refractivity contribution in [3.05, 3.63) is 46.5 Å². The first-order chi connectivity index (χ1) is 30.8. The van der Waals surface area contributed by atoms with E-state index in [1.807, 2.05) is 0 Å². The molecule has 1 aliphatic carbocycles. The van der Waals surface area contributed by atoms with Crippen LogP contribution in [0.15, 0.2) is 35.4 Å². The SMILES string of the molecule is CC1=C(C)Cc2ccccc2C1.O.S=S(=S)(I)S(=S)(=S)S(=S)(=S)S(=S)(=S)S(=S)(=S)S(=S)(=S)S(=S)(=S)S(=S)(=S)S(=S)(=S)S(=S)(=S)S(=S)(=S)S(=S)(=S)S(=S)(=S)S(=S)(=S)S(=S)(=S)S(=S)(=S)S(=S)(=S)S(=S)(=S)S(=S)(=S)S[S-].[K+]. The summed E-state index contributed by atoms with van der Waals surface area (Å²) < 4.78 is -2.67. The molecule has 0 bridgehead atoms. The van der Waals surface area contributed by atoms with E-state index < -0.39 is 97.1 Å². The van der Waals surface area contributed by atoms with Crippen LogP contribution in [0.3, 0.4) is 0 Å². The van der Waals surface area contributed by atoms with Crippen molar-refractivity contribution in [2.24, 2.45) is 0 Å². The molecule has 2 rings (SSSR count). The van der Waals surface area contributed by atoms with Gasteiger partial charge in [0.25, 0.3) is 0 Å². The third-order valence-corrected chi connectivity index (χ3v) is 381. The van der Waals surface area contributed by atoms with Crippen LogP contribution in [0.1, 0.15) is 25.0 Å². The molecule has 1 aromatic rings. The number of hydrogen-bond donors (Lipinski definition) is 0. The van der Waals surface area contributed by atoms with Crippen molar-refractivity contribution in [2.45, 2.75) is 26.7 Å². The van der Waals surface area contributed by atoms with Gasteiger partial charge in [-0.2, -0.15) is 0 Å². The van der Waals surface area contributed by atoms with Gasteiger partial charge in [-0.25, -0.2) is 9.83 Å². The number of hydrogen-bond acceptors (Lipinski definition) is 40. The maximum absolute atomic E-state index is 6.07. The summed E-state index contributed by atoms with van der Waals surface area (Å²) in [5.41, 5.74) is 6.13. The predicted octanol–water partition coefficient (Wildman–Crippen LogP) is 0.696. The molecular formula is C12H16IKOS59. The molecule has 74 heavy (non-hydrogen) atoms. The van der Waals surface area contributed by atoms with Crippen molar-refractivity contribution >= 4 is 565 Å². The number of fused-ring (bicyclic) bond motifs is 1. The van der Waals surface area contributed by atoms with Gasteiger partial charge in [0, 0.05) is 118 Å². The van der Waals surface area contributed by atoms with Crippen molar-refractivity contribution in [1.82, 2.24) is 0 Å². The Labute approximate surface area is 675 Å². The second-order valence-corrected chi connectivity index (χ2v) is 221. The summed E-state index contributed by atoms with van der Waals surface area (Å²) in [5, 5.41) is -65.1. The Hall–Kier alpha value is 17.0. The van der Waals surface area contributed by atoms with Gasteiger partial charge >= 0.3 is 51.4 Å². The predicted molar refractivity (Wildman–Crippen MR) is 505 cm³/mol. The van der Waals surface area contributed by atoms with E-state index in [4.69, 9.17) is 437 Å². The maximum Gasteiger partial charge on any atom is 1.00 e. The average molecular weight is 2230 g/mol. The van der Waals surface area contributed by atoms with E-state index in [0.29, 0.717) is 9.83 Å². The third-order valence-electron chi connectivity index (χ3n) is 7.34. The summed E-state index contributed by atoms with van der Waals surface area (Å²) in [6, 6.07) is 8.75. The molecule has 0 atom stereocenters. The largest absolute Gasteiger partial charge is 1.00 e.